The summed E-state index contributed by atoms with van der Waals surface area (Å²) in [7, 11) is 3.48. The largest absolute Gasteiger partial charge is 0.389 e. The molecule has 92 valence electrons. The highest BCUT2D eigenvalue weighted by Crippen LogP contribution is 2.17. The number of rotatable bonds is 4. The molecule has 3 N–H and O–H groups in total. The summed E-state index contributed by atoms with van der Waals surface area (Å²) >= 11 is 4.93. The second-order valence-electron chi connectivity index (χ2n) is 3.82. The van der Waals surface area contributed by atoms with Crippen LogP contribution in [0.1, 0.15) is 12.5 Å². The number of carbonyl (C=O) groups is 1. The fraction of sp³-hybridized carbons (Fsp3) is 0.333. The van der Waals surface area contributed by atoms with E-state index >= 15 is 0 Å². The molecule has 0 saturated heterocycles. The Morgan fingerprint density at radius 2 is 2.18 bits per heavy atom. The zero-order valence-electron chi connectivity index (χ0n) is 10.2. The lowest BCUT2D eigenvalue weighted by atomic mass is 10.1. The number of nitrogens with one attached hydrogen (secondary N) is 1. The van der Waals surface area contributed by atoms with Gasteiger partial charge in [0.25, 0.3) is 0 Å². The van der Waals surface area contributed by atoms with Crippen molar-refractivity contribution in [2.24, 2.45) is 5.73 Å². The van der Waals surface area contributed by atoms with Crippen LogP contribution < -0.4 is 16.0 Å². The molecule has 0 fully saturated rings. The van der Waals surface area contributed by atoms with Gasteiger partial charge in [0, 0.05) is 25.3 Å². The van der Waals surface area contributed by atoms with Gasteiger partial charge in [0.1, 0.15) is 11.0 Å². The zero-order chi connectivity index (χ0) is 13.0. The third-order valence-electron chi connectivity index (χ3n) is 2.74. The highest BCUT2D eigenvalue weighted by atomic mass is 32.1. The van der Waals surface area contributed by atoms with Crippen LogP contribution in [-0.4, -0.2) is 31.0 Å². The highest BCUT2D eigenvalue weighted by molar-refractivity contribution is 7.80. The van der Waals surface area contributed by atoms with E-state index in [9.17, 15) is 4.79 Å². The number of likely N-dealkylation sites (N-methyl/N-ethyl adjacent to an activating group) is 2. The fourth-order valence-corrected chi connectivity index (χ4v) is 1.61. The number of nitrogens with zero attached hydrogens (tertiary/aromatic N) is 1. The Morgan fingerprint density at radius 3 is 2.71 bits per heavy atom. The summed E-state index contributed by atoms with van der Waals surface area (Å²) in [5.74, 6) is -0.0340. The van der Waals surface area contributed by atoms with Crippen LogP contribution in [0.15, 0.2) is 24.3 Å². The van der Waals surface area contributed by atoms with Gasteiger partial charge in [-0.05, 0) is 19.1 Å². The summed E-state index contributed by atoms with van der Waals surface area (Å²) in [6.07, 6.45) is 0. The van der Waals surface area contributed by atoms with E-state index in [-0.39, 0.29) is 11.9 Å². The summed E-state index contributed by atoms with van der Waals surface area (Å²) < 4.78 is 0. The van der Waals surface area contributed by atoms with Crippen LogP contribution in [0.4, 0.5) is 5.69 Å². The number of amides is 1. The van der Waals surface area contributed by atoms with Crippen LogP contribution in [0.3, 0.4) is 0 Å². The normalized spacial score (nSPS) is 11.7. The van der Waals surface area contributed by atoms with Crippen LogP contribution in [0.5, 0.6) is 0 Å². The maximum Gasteiger partial charge on any atom is 0.242 e. The van der Waals surface area contributed by atoms with Gasteiger partial charge in [-0.2, -0.15) is 0 Å². The van der Waals surface area contributed by atoms with E-state index in [1.165, 1.54) is 0 Å². The third kappa shape index (κ3) is 3.17. The van der Waals surface area contributed by atoms with Crippen molar-refractivity contribution in [1.29, 1.82) is 0 Å². The van der Waals surface area contributed by atoms with Crippen LogP contribution in [0.25, 0.3) is 0 Å². The van der Waals surface area contributed by atoms with Crippen molar-refractivity contribution < 1.29 is 4.79 Å². The van der Waals surface area contributed by atoms with Crippen molar-refractivity contribution in [3.8, 4) is 0 Å². The average Bonchev–Trinajstić information content (AvgIpc) is 2.36. The van der Waals surface area contributed by atoms with Gasteiger partial charge in [-0.25, -0.2) is 0 Å². The van der Waals surface area contributed by atoms with Crippen molar-refractivity contribution in [1.82, 2.24) is 5.32 Å². The molecular formula is C12H17N3OS. The van der Waals surface area contributed by atoms with E-state index in [0.717, 1.165) is 11.3 Å². The Hall–Kier alpha value is -1.62. The fourth-order valence-electron chi connectivity index (χ4n) is 1.49. The van der Waals surface area contributed by atoms with Crippen molar-refractivity contribution in [2.45, 2.75) is 13.0 Å². The Balaban J connectivity index is 2.96. The molecule has 0 aliphatic carbocycles. The van der Waals surface area contributed by atoms with Gasteiger partial charge in [-0.1, -0.05) is 24.4 Å². The molecule has 17 heavy (non-hydrogen) atoms. The number of carbonyl (C=O) groups excluding carboxylic acids is 1. The molecule has 0 aliphatic heterocycles. The molecule has 0 saturated carbocycles. The molecular weight excluding hydrogens is 234 g/mol. The SMILES string of the molecule is CNC(=O)C(C)N(C)c1cccc(C(N)=S)c1. The molecule has 0 radical (unpaired) electrons. The van der Waals surface area contributed by atoms with Crippen molar-refractivity contribution in [3.05, 3.63) is 29.8 Å². The highest BCUT2D eigenvalue weighted by Gasteiger charge is 2.17. The molecule has 1 unspecified atom stereocenters. The van der Waals surface area contributed by atoms with Crippen molar-refractivity contribution in [2.75, 3.05) is 19.0 Å². The zero-order valence-corrected chi connectivity index (χ0v) is 11.0. The first-order valence-electron chi connectivity index (χ1n) is 5.31. The van der Waals surface area contributed by atoms with E-state index in [2.05, 4.69) is 5.32 Å². The number of anilines is 1. The molecule has 0 bridgehead atoms. The molecule has 0 aromatic heterocycles. The number of hydrogen-bond acceptors (Lipinski definition) is 3. The first kappa shape index (κ1) is 13.4. The molecule has 0 spiro atoms. The summed E-state index contributed by atoms with van der Waals surface area (Å²) in [4.78, 5) is 13.8. The van der Waals surface area contributed by atoms with E-state index in [4.69, 9.17) is 18.0 Å². The van der Waals surface area contributed by atoms with E-state index in [1.807, 2.05) is 43.1 Å². The first-order valence-corrected chi connectivity index (χ1v) is 5.72. The maximum absolute atomic E-state index is 11.5. The molecule has 1 atom stereocenters. The molecule has 0 aliphatic rings. The molecule has 5 heteroatoms. The van der Waals surface area contributed by atoms with Gasteiger partial charge in [-0.3, -0.25) is 4.79 Å². The van der Waals surface area contributed by atoms with Gasteiger partial charge >= 0.3 is 0 Å². The van der Waals surface area contributed by atoms with Crippen LogP contribution >= 0.6 is 12.2 Å². The summed E-state index contributed by atoms with van der Waals surface area (Å²) in [6.45, 7) is 1.84. The van der Waals surface area contributed by atoms with Crippen LogP contribution in [-0.2, 0) is 4.79 Å². The minimum absolute atomic E-state index is 0.0340. The van der Waals surface area contributed by atoms with Crippen molar-refractivity contribution in [3.63, 3.8) is 0 Å². The molecule has 1 amide bonds. The second-order valence-corrected chi connectivity index (χ2v) is 4.26. The van der Waals surface area contributed by atoms with Crippen molar-refractivity contribution >= 4 is 28.8 Å². The quantitative estimate of drug-likeness (QED) is 0.780. The van der Waals surface area contributed by atoms with E-state index < -0.39 is 0 Å². The topological polar surface area (TPSA) is 58.4 Å². The Kier molecular flexibility index (Phi) is 4.45. The number of thiocarbonyl (C=S) groups is 1. The van der Waals surface area contributed by atoms with Gasteiger partial charge in [0.15, 0.2) is 0 Å². The second kappa shape index (κ2) is 5.63. The lowest BCUT2D eigenvalue weighted by molar-refractivity contribution is -0.121. The molecule has 1 aromatic rings. The molecule has 1 aromatic carbocycles. The Bertz CT molecular complexity index is 434. The molecule has 4 nitrogen and oxygen atoms in total. The average molecular weight is 251 g/mol. The standard InChI is InChI=1S/C12H17N3OS/c1-8(12(16)14-2)15(3)10-6-4-5-9(7-10)11(13)17/h4-8H,1-3H3,(H2,13,17)(H,14,16). The smallest absolute Gasteiger partial charge is 0.242 e. The van der Waals surface area contributed by atoms with E-state index in [1.54, 1.807) is 7.05 Å². The van der Waals surface area contributed by atoms with Gasteiger partial charge < -0.3 is 16.0 Å². The summed E-state index contributed by atoms with van der Waals surface area (Å²) in [5.41, 5.74) is 7.29. The van der Waals surface area contributed by atoms with Crippen LogP contribution in [0, 0.1) is 0 Å². The predicted octanol–water partition coefficient (Wildman–Crippen LogP) is 0.891. The van der Waals surface area contributed by atoms with E-state index in [0.29, 0.717) is 4.99 Å². The Morgan fingerprint density at radius 1 is 1.53 bits per heavy atom. The number of nitrogens with two attached hydrogens (primary N) is 1. The summed E-state index contributed by atoms with van der Waals surface area (Å²) in [6, 6.07) is 7.27. The monoisotopic (exact) mass is 251 g/mol. The van der Waals surface area contributed by atoms with Gasteiger partial charge in [0.2, 0.25) is 5.91 Å². The summed E-state index contributed by atoms with van der Waals surface area (Å²) in [5, 5.41) is 2.62. The minimum atomic E-state index is -0.249. The Labute approximate surface area is 107 Å². The molecule has 1 rings (SSSR count). The lowest BCUT2D eigenvalue weighted by Crippen LogP contribution is -2.42. The number of hydrogen-bond donors (Lipinski definition) is 2. The maximum atomic E-state index is 11.5. The predicted molar refractivity (Wildman–Crippen MR) is 74.3 cm³/mol. The lowest BCUT2D eigenvalue weighted by Gasteiger charge is -2.25. The third-order valence-corrected chi connectivity index (χ3v) is 2.98. The minimum Gasteiger partial charge on any atom is -0.389 e. The molecule has 0 heterocycles. The number of benzene rings is 1. The van der Waals surface area contributed by atoms with Crippen LogP contribution in [0.2, 0.25) is 0 Å². The first-order chi connectivity index (χ1) is 7.97. The van der Waals surface area contributed by atoms with Gasteiger partial charge in [0.05, 0.1) is 0 Å². The van der Waals surface area contributed by atoms with Gasteiger partial charge in [-0.15, -0.1) is 0 Å².